The summed E-state index contributed by atoms with van der Waals surface area (Å²) >= 11 is 6.63. The van der Waals surface area contributed by atoms with E-state index in [9.17, 15) is 0 Å². The largest absolute Gasteiger partial charge is 0.307 e. The number of aromatic nitrogens is 2. The van der Waals surface area contributed by atoms with Gasteiger partial charge in [-0.05, 0) is 27.5 Å². The molecule has 0 saturated heterocycles. The Morgan fingerprint density at radius 2 is 2.29 bits per heavy atom. The molecular weight excluding hydrogens is 282 g/mol. The van der Waals surface area contributed by atoms with E-state index >= 15 is 0 Å². The minimum absolute atomic E-state index is 0.850. The molecule has 1 N–H and O–H groups in total. The number of rotatable bonds is 4. The molecule has 0 saturated carbocycles. The van der Waals surface area contributed by atoms with Crippen molar-refractivity contribution in [3.05, 3.63) is 32.1 Å². The average Bonchev–Trinajstić information content (AvgIpc) is 2.78. The molecule has 0 aliphatic carbocycles. The Balaban J connectivity index is 1.81. The summed E-state index contributed by atoms with van der Waals surface area (Å²) in [5.74, 6) is 0. The monoisotopic (exact) mass is 289 g/mol. The smallest absolute Gasteiger partial charge is 0.0794 e. The van der Waals surface area contributed by atoms with Gasteiger partial charge in [0.05, 0.1) is 21.1 Å². The molecule has 6 heteroatoms. The summed E-state index contributed by atoms with van der Waals surface area (Å²) in [4.78, 5) is 6.50. The van der Waals surface area contributed by atoms with E-state index in [1.165, 1.54) is 21.3 Å². The molecule has 0 aliphatic rings. The van der Waals surface area contributed by atoms with E-state index in [0.29, 0.717) is 0 Å². The van der Waals surface area contributed by atoms with Crippen LogP contribution < -0.4 is 5.32 Å². The summed E-state index contributed by atoms with van der Waals surface area (Å²) in [6.45, 7) is 1.72. The van der Waals surface area contributed by atoms with E-state index in [0.717, 1.165) is 17.6 Å². The van der Waals surface area contributed by atoms with E-state index in [4.69, 9.17) is 0 Å². The number of hydrogen-bond donors (Lipinski definition) is 1. The Morgan fingerprint density at radius 1 is 1.36 bits per heavy atom. The van der Waals surface area contributed by atoms with Gasteiger partial charge in [-0.1, -0.05) is 0 Å². The molecule has 2 aromatic heterocycles. The number of thiazole rings is 1. The fourth-order valence-corrected chi connectivity index (χ4v) is 2.75. The Labute approximate surface area is 98.5 Å². The van der Waals surface area contributed by atoms with Crippen LogP contribution in [-0.4, -0.2) is 9.36 Å². The van der Waals surface area contributed by atoms with Gasteiger partial charge < -0.3 is 5.32 Å². The maximum atomic E-state index is 4.08. The van der Waals surface area contributed by atoms with E-state index < -0.39 is 0 Å². The SMILES string of the molecule is Brc1cnsc1CNCc1cncs1. The molecule has 0 bridgehead atoms. The third-order valence-electron chi connectivity index (χ3n) is 1.66. The van der Waals surface area contributed by atoms with Crippen LogP contribution in [0.5, 0.6) is 0 Å². The molecule has 0 amide bonds. The maximum Gasteiger partial charge on any atom is 0.0794 e. The predicted molar refractivity (Wildman–Crippen MR) is 62.5 cm³/mol. The number of nitrogens with one attached hydrogen (secondary N) is 1. The van der Waals surface area contributed by atoms with Crippen molar-refractivity contribution < 1.29 is 0 Å². The van der Waals surface area contributed by atoms with E-state index in [2.05, 4.69) is 30.6 Å². The summed E-state index contributed by atoms with van der Waals surface area (Å²) in [6, 6.07) is 0. The van der Waals surface area contributed by atoms with Gasteiger partial charge in [0.2, 0.25) is 0 Å². The Morgan fingerprint density at radius 3 is 2.93 bits per heavy atom. The van der Waals surface area contributed by atoms with Gasteiger partial charge in [0, 0.05) is 24.2 Å². The van der Waals surface area contributed by atoms with Crippen LogP contribution >= 0.6 is 38.8 Å². The molecule has 2 aromatic rings. The summed E-state index contributed by atoms with van der Waals surface area (Å²) in [5.41, 5.74) is 1.85. The highest BCUT2D eigenvalue weighted by atomic mass is 79.9. The molecule has 14 heavy (non-hydrogen) atoms. The van der Waals surface area contributed by atoms with Crippen molar-refractivity contribution in [2.45, 2.75) is 13.1 Å². The van der Waals surface area contributed by atoms with Crippen molar-refractivity contribution in [3.63, 3.8) is 0 Å². The predicted octanol–water partition coefficient (Wildman–Crippen LogP) is 2.65. The van der Waals surface area contributed by atoms with Gasteiger partial charge in [0.1, 0.15) is 0 Å². The highest BCUT2D eigenvalue weighted by molar-refractivity contribution is 9.10. The number of nitrogens with zero attached hydrogens (tertiary/aromatic N) is 2. The molecule has 0 aliphatic heterocycles. The third kappa shape index (κ3) is 2.60. The van der Waals surface area contributed by atoms with Crippen molar-refractivity contribution in [2.24, 2.45) is 0 Å². The molecule has 2 rings (SSSR count). The van der Waals surface area contributed by atoms with Gasteiger partial charge in [-0.15, -0.1) is 11.3 Å². The molecule has 0 aromatic carbocycles. The lowest BCUT2D eigenvalue weighted by Crippen LogP contribution is -2.10. The van der Waals surface area contributed by atoms with Crippen LogP contribution in [0.15, 0.2) is 22.4 Å². The molecule has 0 unspecified atom stereocenters. The van der Waals surface area contributed by atoms with E-state index in [-0.39, 0.29) is 0 Å². The van der Waals surface area contributed by atoms with E-state index in [1.807, 2.05) is 17.9 Å². The maximum absolute atomic E-state index is 4.08. The minimum Gasteiger partial charge on any atom is -0.307 e. The normalized spacial score (nSPS) is 10.6. The van der Waals surface area contributed by atoms with Crippen LogP contribution in [-0.2, 0) is 13.1 Å². The first-order chi connectivity index (χ1) is 6.86. The fourth-order valence-electron chi connectivity index (χ4n) is 0.997. The second-order valence-corrected chi connectivity index (χ2v) is 5.38. The zero-order chi connectivity index (χ0) is 9.80. The summed E-state index contributed by atoms with van der Waals surface area (Å²) < 4.78 is 5.17. The summed E-state index contributed by atoms with van der Waals surface area (Å²) in [6.07, 6.45) is 3.72. The summed E-state index contributed by atoms with van der Waals surface area (Å²) in [7, 11) is 0. The van der Waals surface area contributed by atoms with Crippen LogP contribution in [0.25, 0.3) is 0 Å². The van der Waals surface area contributed by atoms with Crippen molar-refractivity contribution in [1.29, 1.82) is 0 Å². The first-order valence-corrected chi connectivity index (χ1v) is 6.48. The van der Waals surface area contributed by atoms with Gasteiger partial charge in [-0.25, -0.2) is 0 Å². The Bertz CT molecular complexity index is 385. The number of hydrogen-bond acceptors (Lipinski definition) is 5. The van der Waals surface area contributed by atoms with Crippen molar-refractivity contribution >= 4 is 38.8 Å². The lowest BCUT2D eigenvalue weighted by Gasteiger charge is -1.99. The van der Waals surface area contributed by atoms with Crippen molar-refractivity contribution in [2.75, 3.05) is 0 Å². The second kappa shape index (κ2) is 4.97. The first-order valence-electron chi connectivity index (χ1n) is 4.03. The van der Waals surface area contributed by atoms with Crippen LogP contribution in [0, 0.1) is 0 Å². The lowest BCUT2D eigenvalue weighted by molar-refractivity contribution is 0.706. The minimum atomic E-state index is 0.850. The number of halogens is 1. The Kier molecular flexibility index (Phi) is 3.63. The van der Waals surface area contributed by atoms with Gasteiger partial charge in [0.25, 0.3) is 0 Å². The standard InChI is InChI=1S/C8H8BrN3S2/c9-7-3-12-14-8(7)4-10-1-6-2-11-5-13-6/h2-3,5,10H,1,4H2. The fraction of sp³-hybridized carbons (Fsp3) is 0.250. The molecule has 3 nitrogen and oxygen atoms in total. The molecule has 74 valence electrons. The van der Waals surface area contributed by atoms with Crippen molar-refractivity contribution in [3.8, 4) is 0 Å². The van der Waals surface area contributed by atoms with Gasteiger partial charge in [-0.3, -0.25) is 4.98 Å². The molecular formula is C8H8BrN3S2. The second-order valence-electron chi connectivity index (χ2n) is 2.67. The third-order valence-corrected chi connectivity index (χ3v) is 4.18. The van der Waals surface area contributed by atoms with Crippen LogP contribution in [0.2, 0.25) is 0 Å². The van der Waals surface area contributed by atoms with Gasteiger partial charge in [0.15, 0.2) is 0 Å². The van der Waals surface area contributed by atoms with Crippen molar-refractivity contribution in [1.82, 2.24) is 14.7 Å². The molecule has 0 fully saturated rings. The van der Waals surface area contributed by atoms with Crippen LogP contribution in [0.3, 0.4) is 0 Å². The average molecular weight is 290 g/mol. The molecule has 0 spiro atoms. The first kappa shape index (κ1) is 10.2. The van der Waals surface area contributed by atoms with Crippen LogP contribution in [0.4, 0.5) is 0 Å². The topological polar surface area (TPSA) is 37.8 Å². The molecule has 0 radical (unpaired) electrons. The zero-order valence-electron chi connectivity index (χ0n) is 7.24. The van der Waals surface area contributed by atoms with Gasteiger partial charge >= 0.3 is 0 Å². The zero-order valence-corrected chi connectivity index (χ0v) is 10.5. The molecule has 2 heterocycles. The highest BCUT2D eigenvalue weighted by Crippen LogP contribution is 2.19. The highest BCUT2D eigenvalue weighted by Gasteiger charge is 2.01. The molecule has 0 atom stereocenters. The Hall–Kier alpha value is -0.300. The van der Waals surface area contributed by atoms with Crippen LogP contribution in [0.1, 0.15) is 9.75 Å². The summed E-state index contributed by atoms with van der Waals surface area (Å²) in [5, 5.41) is 3.34. The quantitative estimate of drug-likeness (QED) is 0.940. The lowest BCUT2D eigenvalue weighted by atomic mass is 10.4. The van der Waals surface area contributed by atoms with E-state index in [1.54, 1.807) is 11.3 Å². The van der Waals surface area contributed by atoms with Gasteiger partial charge in [-0.2, -0.15) is 4.37 Å².